The van der Waals surface area contributed by atoms with Crippen LogP contribution in [0, 0.1) is 6.92 Å². The van der Waals surface area contributed by atoms with Crippen molar-refractivity contribution in [1.29, 1.82) is 0 Å². The second kappa shape index (κ2) is 11.6. The Balaban J connectivity index is 1.47. The number of hydrogen-bond acceptors (Lipinski definition) is 3. The lowest BCUT2D eigenvalue weighted by atomic mass is 10.1. The lowest BCUT2D eigenvalue weighted by Gasteiger charge is -2.12. The lowest BCUT2D eigenvalue weighted by Crippen LogP contribution is -2.22. The van der Waals surface area contributed by atoms with Crippen LogP contribution in [-0.4, -0.2) is 21.7 Å². The number of carbonyl (C=O) groups excluding carboxylic acids is 1. The third-order valence-electron chi connectivity index (χ3n) is 5.90. The Morgan fingerprint density at radius 2 is 1.59 bits per heavy atom. The zero-order valence-corrected chi connectivity index (χ0v) is 21.0. The fourth-order valence-electron chi connectivity index (χ4n) is 3.91. The van der Waals surface area contributed by atoms with Gasteiger partial charge in [0.25, 0.3) is 5.56 Å². The third kappa shape index (κ3) is 6.86. The number of amides is 2. The molecule has 0 bridgehead atoms. The first-order valence-electron chi connectivity index (χ1n) is 11.7. The molecule has 3 aromatic carbocycles. The minimum atomic E-state index is -0.837. The van der Waals surface area contributed by atoms with Gasteiger partial charge >= 0.3 is 12.0 Å². The fraction of sp³-hybridized carbons (Fsp3) is 0.138. The fourth-order valence-corrected chi connectivity index (χ4v) is 4.14. The summed E-state index contributed by atoms with van der Waals surface area (Å²) in [4.78, 5) is 36.4. The number of nitrogens with zero attached hydrogens (tertiary/aromatic N) is 1. The molecule has 0 unspecified atom stereocenters. The summed E-state index contributed by atoms with van der Waals surface area (Å²) in [5.41, 5.74) is 5.01. The molecule has 4 aromatic rings. The number of aromatic nitrogens is 1. The van der Waals surface area contributed by atoms with Gasteiger partial charge in [-0.05, 0) is 59.9 Å². The number of hydrogen-bond donors (Lipinski definition) is 3. The quantitative estimate of drug-likeness (QED) is 0.260. The molecular weight excluding hydrogens is 490 g/mol. The molecule has 188 valence electrons. The summed E-state index contributed by atoms with van der Waals surface area (Å²) in [5, 5.41) is 14.9. The van der Waals surface area contributed by atoms with Crippen LogP contribution in [0.2, 0.25) is 5.02 Å². The van der Waals surface area contributed by atoms with Crippen LogP contribution in [0.4, 0.5) is 16.2 Å². The van der Waals surface area contributed by atoms with Crippen LogP contribution in [0.5, 0.6) is 0 Å². The smallest absolute Gasteiger partial charge is 0.323 e. The van der Waals surface area contributed by atoms with Crippen molar-refractivity contribution in [3.8, 4) is 11.1 Å². The number of urea groups is 1. The number of carbonyl (C=O) groups is 2. The minimum absolute atomic E-state index is 0.0716. The standard InChI is InChI=1S/C29H26ClN3O4/c1-19-4-2-3-5-26(19)32-29(37)31-24-13-11-22(12-14-24)25-16-23(30)18-33(28(25)36)17-21-8-6-20(7-9-21)10-15-27(34)35/h2-9,11-14,16,18H,10,15,17H2,1H3,(H,34,35)(H2,31,32,37). The van der Waals surface area contributed by atoms with Crippen LogP contribution in [0.3, 0.4) is 0 Å². The zero-order valence-electron chi connectivity index (χ0n) is 20.2. The number of pyridine rings is 1. The Morgan fingerprint density at radius 1 is 0.919 bits per heavy atom. The second-order valence-corrected chi connectivity index (χ2v) is 9.12. The van der Waals surface area contributed by atoms with Gasteiger partial charge in [-0.25, -0.2) is 4.79 Å². The molecule has 0 saturated heterocycles. The number of anilines is 2. The topological polar surface area (TPSA) is 100 Å². The molecule has 1 heterocycles. The molecule has 4 rings (SSSR count). The average Bonchev–Trinajstić information content (AvgIpc) is 2.87. The van der Waals surface area contributed by atoms with Gasteiger partial charge in [0.15, 0.2) is 0 Å². The summed E-state index contributed by atoms with van der Waals surface area (Å²) < 4.78 is 1.55. The highest BCUT2D eigenvalue weighted by molar-refractivity contribution is 6.30. The Labute approximate surface area is 219 Å². The van der Waals surface area contributed by atoms with Gasteiger partial charge < -0.3 is 20.3 Å². The van der Waals surface area contributed by atoms with Crippen molar-refractivity contribution in [1.82, 2.24) is 4.57 Å². The van der Waals surface area contributed by atoms with E-state index in [0.717, 1.165) is 22.4 Å². The van der Waals surface area contributed by atoms with E-state index in [1.165, 1.54) is 0 Å². The molecule has 8 heteroatoms. The molecule has 0 radical (unpaired) electrons. The molecule has 37 heavy (non-hydrogen) atoms. The molecule has 0 fully saturated rings. The number of halogens is 1. The summed E-state index contributed by atoms with van der Waals surface area (Å²) in [7, 11) is 0. The van der Waals surface area contributed by atoms with E-state index in [0.29, 0.717) is 34.8 Å². The molecule has 0 aliphatic carbocycles. The minimum Gasteiger partial charge on any atom is -0.481 e. The maximum absolute atomic E-state index is 13.2. The van der Waals surface area contributed by atoms with Gasteiger partial charge in [0.1, 0.15) is 0 Å². The Bertz CT molecular complexity index is 1480. The van der Waals surface area contributed by atoms with E-state index in [1.807, 2.05) is 55.5 Å². The normalized spacial score (nSPS) is 10.6. The molecule has 0 aliphatic rings. The highest BCUT2D eigenvalue weighted by Gasteiger charge is 2.11. The molecule has 7 nitrogen and oxygen atoms in total. The number of para-hydroxylation sites is 1. The number of nitrogens with one attached hydrogen (secondary N) is 2. The monoisotopic (exact) mass is 515 g/mol. The summed E-state index contributed by atoms with van der Waals surface area (Å²) in [5.74, 6) is -0.837. The first-order chi connectivity index (χ1) is 17.8. The van der Waals surface area contributed by atoms with Crippen molar-refractivity contribution in [3.63, 3.8) is 0 Å². The summed E-state index contributed by atoms with van der Waals surface area (Å²) in [6.07, 6.45) is 2.12. The van der Waals surface area contributed by atoms with Gasteiger partial charge in [-0.3, -0.25) is 9.59 Å². The van der Waals surface area contributed by atoms with Crippen molar-refractivity contribution in [2.75, 3.05) is 10.6 Å². The maximum atomic E-state index is 13.2. The molecule has 3 N–H and O–H groups in total. The Kier molecular flexibility index (Phi) is 8.05. The summed E-state index contributed by atoms with van der Waals surface area (Å²) in [6, 6.07) is 23.3. The van der Waals surface area contributed by atoms with E-state index in [2.05, 4.69) is 10.6 Å². The number of carboxylic acid groups (broad SMARTS) is 1. The first-order valence-corrected chi connectivity index (χ1v) is 12.1. The highest BCUT2D eigenvalue weighted by atomic mass is 35.5. The molecule has 0 spiro atoms. The largest absolute Gasteiger partial charge is 0.481 e. The van der Waals surface area contributed by atoms with E-state index in [4.69, 9.17) is 16.7 Å². The van der Waals surface area contributed by atoms with Gasteiger partial charge in [-0.15, -0.1) is 0 Å². The van der Waals surface area contributed by atoms with E-state index in [-0.39, 0.29) is 18.0 Å². The van der Waals surface area contributed by atoms with Gasteiger partial charge in [-0.2, -0.15) is 0 Å². The van der Waals surface area contributed by atoms with Crippen LogP contribution in [0.1, 0.15) is 23.1 Å². The SMILES string of the molecule is Cc1ccccc1NC(=O)Nc1ccc(-c2cc(Cl)cn(Cc3ccc(CCC(=O)O)cc3)c2=O)cc1. The molecule has 2 amide bonds. The summed E-state index contributed by atoms with van der Waals surface area (Å²) >= 11 is 6.34. The number of aliphatic carboxylic acids is 1. The first kappa shape index (κ1) is 25.7. The van der Waals surface area contributed by atoms with Crippen LogP contribution < -0.4 is 16.2 Å². The number of rotatable bonds is 8. The van der Waals surface area contributed by atoms with Crippen LogP contribution in [-0.2, 0) is 17.8 Å². The molecular formula is C29H26ClN3O4. The number of aryl methyl sites for hydroxylation is 2. The van der Waals surface area contributed by atoms with Crippen molar-refractivity contribution < 1.29 is 14.7 Å². The average molecular weight is 516 g/mol. The van der Waals surface area contributed by atoms with E-state index >= 15 is 0 Å². The molecule has 1 aromatic heterocycles. The third-order valence-corrected chi connectivity index (χ3v) is 6.11. The Morgan fingerprint density at radius 3 is 2.27 bits per heavy atom. The maximum Gasteiger partial charge on any atom is 0.323 e. The highest BCUT2D eigenvalue weighted by Crippen LogP contribution is 2.22. The van der Waals surface area contributed by atoms with Crippen LogP contribution in [0.15, 0.2) is 89.9 Å². The van der Waals surface area contributed by atoms with Gasteiger partial charge in [0.2, 0.25) is 0 Å². The second-order valence-electron chi connectivity index (χ2n) is 8.69. The number of benzene rings is 3. The van der Waals surface area contributed by atoms with Crippen molar-refractivity contribution >= 4 is 35.0 Å². The number of carboxylic acids is 1. The van der Waals surface area contributed by atoms with Crippen molar-refractivity contribution in [3.05, 3.63) is 117 Å². The van der Waals surface area contributed by atoms with Gasteiger partial charge in [0, 0.05) is 29.6 Å². The van der Waals surface area contributed by atoms with Crippen LogP contribution >= 0.6 is 11.6 Å². The predicted octanol–water partition coefficient (Wildman–Crippen LogP) is 6.19. The van der Waals surface area contributed by atoms with E-state index in [1.54, 1.807) is 41.1 Å². The van der Waals surface area contributed by atoms with E-state index < -0.39 is 5.97 Å². The van der Waals surface area contributed by atoms with Crippen LogP contribution in [0.25, 0.3) is 11.1 Å². The summed E-state index contributed by atoms with van der Waals surface area (Å²) in [6.45, 7) is 2.24. The lowest BCUT2D eigenvalue weighted by molar-refractivity contribution is -0.136. The Hall–Kier alpha value is -4.36. The molecule has 0 atom stereocenters. The molecule has 0 aliphatic heterocycles. The predicted molar refractivity (Wildman–Crippen MR) is 146 cm³/mol. The van der Waals surface area contributed by atoms with Gasteiger partial charge in [0.05, 0.1) is 11.6 Å². The molecule has 0 saturated carbocycles. The van der Waals surface area contributed by atoms with Gasteiger partial charge in [-0.1, -0.05) is 66.2 Å². The van der Waals surface area contributed by atoms with Crippen molar-refractivity contribution in [2.45, 2.75) is 26.3 Å². The zero-order chi connectivity index (χ0) is 26.4. The van der Waals surface area contributed by atoms with E-state index in [9.17, 15) is 14.4 Å². The van der Waals surface area contributed by atoms with Crippen molar-refractivity contribution in [2.24, 2.45) is 0 Å².